The molecule has 0 aliphatic carbocycles. The summed E-state index contributed by atoms with van der Waals surface area (Å²) in [6, 6.07) is 38.8. The fourth-order valence-electron chi connectivity index (χ4n) is 7.39. The summed E-state index contributed by atoms with van der Waals surface area (Å²) in [6.07, 6.45) is 0. The monoisotopic (exact) mass is 625 g/mol. The number of imidazole rings is 1. The van der Waals surface area contributed by atoms with E-state index in [2.05, 4.69) is 140 Å². The number of rotatable bonds is 5. The van der Waals surface area contributed by atoms with Gasteiger partial charge in [0.1, 0.15) is 11.4 Å². The Bertz CT molecular complexity index is 2660. The first kappa shape index (κ1) is 28.5. The average molecular weight is 626 g/mol. The van der Waals surface area contributed by atoms with Crippen LogP contribution in [0.4, 0.5) is 0 Å². The van der Waals surface area contributed by atoms with Crippen molar-refractivity contribution in [2.75, 3.05) is 0 Å². The molecule has 0 aliphatic rings. The number of nitrogens with zero attached hydrogens (tertiary/aromatic N) is 3. The molecule has 48 heavy (non-hydrogen) atoms. The van der Waals surface area contributed by atoms with Crippen molar-refractivity contribution in [3.8, 4) is 28.2 Å². The van der Waals surface area contributed by atoms with Gasteiger partial charge in [0.05, 0.1) is 22.3 Å². The molecule has 0 unspecified atom stereocenters. The van der Waals surface area contributed by atoms with Crippen molar-refractivity contribution in [1.29, 1.82) is 0 Å². The van der Waals surface area contributed by atoms with E-state index in [0.29, 0.717) is 5.89 Å². The van der Waals surface area contributed by atoms with Gasteiger partial charge in [-0.05, 0) is 75.9 Å². The molecular formula is C43H35N3O2. The minimum atomic E-state index is 0.257. The number of oxazole rings is 1. The number of para-hydroxylation sites is 1. The summed E-state index contributed by atoms with van der Waals surface area (Å²) in [5.41, 5.74) is 12.2. The molecule has 0 saturated heterocycles. The van der Waals surface area contributed by atoms with E-state index in [1.54, 1.807) is 0 Å². The maximum Gasteiger partial charge on any atom is 0.192 e. The Kier molecular flexibility index (Phi) is 6.35. The van der Waals surface area contributed by atoms with Crippen LogP contribution in [0.1, 0.15) is 56.5 Å². The van der Waals surface area contributed by atoms with Gasteiger partial charge in [0.15, 0.2) is 22.6 Å². The first-order chi connectivity index (χ1) is 23.4. The van der Waals surface area contributed by atoms with Crippen molar-refractivity contribution < 1.29 is 8.83 Å². The lowest BCUT2D eigenvalue weighted by Gasteiger charge is -2.24. The minimum Gasteiger partial charge on any atom is -0.453 e. The summed E-state index contributed by atoms with van der Waals surface area (Å²) in [6.45, 7) is 11.0. The van der Waals surface area contributed by atoms with Crippen LogP contribution in [0.25, 0.3) is 83.0 Å². The van der Waals surface area contributed by atoms with Gasteiger partial charge < -0.3 is 8.83 Å². The number of hydrogen-bond donors (Lipinski definition) is 0. The zero-order chi connectivity index (χ0) is 32.7. The second-order valence-corrected chi connectivity index (χ2v) is 13.4. The molecule has 0 fully saturated rings. The third kappa shape index (κ3) is 4.24. The Morgan fingerprint density at radius 1 is 0.604 bits per heavy atom. The summed E-state index contributed by atoms with van der Waals surface area (Å²) in [5, 5.41) is 4.39. The average Bonchev–Trinajstić information content (AvgIpc) is 3.80. The predicted octanol–water partition coefficient (Wildman–Crippen LogP) is 12.1. The SMILES string of the molecule is Cc1nc2c(ccc3c4cccc(-c5nc6ccc7ccccc7c6n5-c5c(C(C)C)cc(-c6ccccc6)cc5C(C)C)c4oc32)o1. The highest BCUT2D eigenvalue weighted by Gasteiger charge is 2.27. The van der Waals surface area contributed by atoms with E-state index in [9.17, 15) is 0 Å². The van der Waals surface area contributed by atoms with Crippen LogP contribution in [0.2, 0.25) is 0 Å². The summed E-state index contributed by atoms with van der Waals surface area (Å²) in [4.78, 5) is 10.1. The van der Waals surface area contributed by atoms with Crippen LogP contribution in [0.15, 0.2) is 118 Å². The van der Waals surface area contributed by atoms with Crippen molar-refractivity contribution in [2.45, 2.75) is 46.5 Å². The first-order valence-electron chi connectivity index (χ1n) is 16.7. The number of hydrogen-bond acceptors (Lipinski definition) is 4. The normalized spacial score (nSPS) is 12.2. The van der Waals surface area contributed by atoms with Crippen LogP contribution in [0, 0.1) is 6.92 Å². The molecule has 3 aromatic heterocycles. The van der Waals surface area contributed by atoms with E-state index >= 15 is 0 Å². The van der Waals surface area contributed by atoms with Crippen LogP contribution in [-0.2, 0) is 0 Å². The molecule has 5 nitrogen and oxygen atoms in total. The van der Waals surface area contributed by atoms with Crippen LogP contribution in [-0.4, -0.2) is 14.5 Å². The van der Waals surface area contributed by atoms with Crippen LogP contribution >= 0.6 is 0 Å². The van der Waals surface area contributed by atoms with Gasteiger partial charge >= 0.3 is 0 Å². The molecule has 0 bridgehead atoms. The Balaban J connectivity index is 1.44. The third-order valence-electron chi connectivity index (χ3n) is 9.66. The topological polar surface area (TPSA) is 57.0 Å². The molecule has 0 spiro atoms. The fourth-order valence-corrected chi connectivity index (χ4v) is 7.39. The minimum absolute atomic E-state index is 0.257. The molecule has 0 aliphatic heterocycles. The van der Waals surface area contributed by atoms with E-state index < -0.39 is 0 Å². The second kappa shape index (κ2) is 10.7. The third-order valence-corrected chi connectivity index (χ3v) is 9.66. The van der Waals surface area contributed by atoms with Gasteiger partial charge in [0.2, 0.25) is 0 Å². The van der Waals surface area contributed by atoms with Crippen molar-refractivity contribution >= 4 is 54.8 Å². The molecule has 3 heterocycles. The molecule has 5 heteroatoms. The van der Waals surface area contributed by atoms with Gasteiger partial charge in [-0.15, -0.1) is 0 Å². The number of benzene rings is 6. The zero-order valence-corrected chi connectivity index (χ0v) is 27.7. The Morgan fingerprint density at radius 2 is 1.31 bits per heavy atom. The van der Waals surface area contributed by atoms with E-state index in [0.717, 1.165) is 55.5 Å². The molecule has 0 saturated carbocycles. The number of fused-ring (bicyclic) bond motifs is 8. The van der Waals surface area contributed by atoms with E-state index in [4.69, 9.17) is 13.8 Å². The van der Waals surface area contributed by atoms with E-state index in [1.165, 1.54) is 38.7 Å². The van der Waals surface area contributed by atoms with Gasteiger partial charge in [-0.1, -0.05) is 100 Å². The fraction of sp³-hybridized carbons (Fsp3) is 0.163. The van der Waals surface area contributed by atoms with Gasteiger partial charge in [-0.3, -0.25) is 4.57 Å². The quantitative estimate of drug-likeness (QED) is 0.191. The van der Waals surface area contributed by atoms with Gasteiger partial charge in [0.25, 0.3) is 0 Å². The summed E-state index contributed by atoms with van der Waals surface area (Å²) in [7, 11) is 0. The Morgan fingerprint density at radius 3 is 2.08 bits per heavy atom. The lowest BCUT2D eigenvalue weighted by Crippen LogP contribution is -2.09. The van der Waals surface area contributed by atoms with Gasteiger partial charge in [-0.25, -0.2) is 9.97 Å². The highest BCUT2D eigenvalue weighted by molar-refractivity contribution is 6.16. The predicted molar refractivity (Wildman–Crippen MR) is 197 cm³/mol. The Hall–Kier alpha value is -5.68. The van der Waals surface area contributed by atoms with Crippen LogP contribution < -0.4 is 0 Å². The second-order valence-electron chi connectivity index (χ2n) is 13.4. The Labute approximate surface area is 278 Å². The summed E-state index contributed by atoms with van der Waals surface area (Å²) >= 11 is 0. The maximum atomic E-state index is 6.80. The molecular weight excluding hydrogens is 590 g/mol. The summed E-state index contributed by atoms with van der Waals surface area (Å²) in [5.74, 6) is 1.99. The summed E-state index contributed by atoms with van der Waals surface area (Å²) < 4.78 is 15.1. The molecule has 0 radical (unpaired) electrons. The van der Waals surface area contributed by atoms with Gasteiger partial charge in [0, 0.05) is 23.1 Å². The van der Waals surface area contributed by atoms with Crippen molar-refractivity contribution in [1.82, 2.24) is 14.5 Å². The smallest absolute Gasteiger partial charge is 0.192 e. The molecule has 6 aromatic carbocycles. The lowest BCUT2D eigenvalue weighted by molar-refractivity contribution is 0.561. The van der Waals surface area contributed by atoms with Crippen LogP contribution in [0.5, 0.6) is 0 Å². The molecule has 234 valence electrons. The molecule has 9 rings (SSSR count). The molecule has 0 amide bonds. The zero-order valence-electron chi connectivity index (χ0n) is 27.7. The first-order valence-corrected chi connectivity index (χ1v) is 16.7. The standard InChI is InChI=1S/C43H35N3O2/c1-24(2)34-22-29(27-12-7-6-8-13-27)23-35(25(3)4)39(34)46-40-30-15-10-9-14-28(30)18-20-36(40)45-43(46)33-17-11-16-31-32-19-21-37-38(44-26(5)47-37)42(32)48-41(31)33/h6-25H,1-5H3. The molecule has 0 N–H and O–H groups in total. The van der Waals surface area contributed by atoms with E-state index in [-0.39, 0.29) is 11.8 Å². The van der Waals surface area contributed by atoms with Gasteiger partial charge in [-0.2, -0.15) is 0 Å². The van der Waals surface area contributed by atoms with Crippen molar-refractivity contribution in [3.05, 3.63) is 126 Å². The highest BCUT2D eigenvalue weighted by Crippen LogP contribution is 2.44. The maximum absolute atomic E-state index is 6.80. The van der Waals surface area contributed by atoms with Crippen molar-refractivity contribution in [2.24, 2.45) is 0 Å². The molecule has 9 aromatic rings. The van der Waals surface area contributed by atoms with Crippen LogP contribution in [0.3, 0.4) is 0 Å². The van der Waals surface area contributed by atoms with Crippen molar-refractivity contribution in [3.63, 3.8) is 0 Å². The number of aromatic nitrogens is 3. The van der Waals surface area contributed by atoms with E-state index in [1.807, 2.05) is 13.0 Å². The molecule has 0 atom stereocenters. The lowest BCUT2D eigenvalue weighted by atomic mass is 9.88. The number of furan rings is 1. The largest absolute Gasteiger partial charge is 0.453 e. The highest BCUT2D eigenvalue weighted by atomic mass is 16.4. The number of aryl methyl sites for hydroxylation is 1.